The van der Waals surface area contributed by atoms with Crippen molar-refractivity contribution in [3.8, 4) is 0 Å². The zero-order valence-corrected chi connectivity index (χ0v) is 13.0. The van der Waals surface area contributed by atoms with Crippen molar-refractivity contribution < 1.29 is 17.7 Å². The number of nitrogens with zero attached hydrogens (tertiary/aromatic N) is 1. The van der Waals surface area contributed by atoms with Gasteiger partial charge in [0.25, 0.3) is 5.69 Å². The molecule has 0 heterocycles. The average Bonchev–Trinajstić information content (AvgIpc) is 2.37. The summed E-state index contributed by atoms with van der Waals surface area (Å²) in [5.41, 5.74) is -0.779. The van der Waals surface area contributed by atoms with Crippen LogP contribution in [-0.4, -0.2) is 33.0 Å². The minimum absolute atomic E-state index is 0. The lowest BCUT2D eigenvalue weighted by Gasteiger charge is -2.08. The van der Waals surface area contributed by atoms with Crippen molar-refractivity contribution in [1.82, 2.24) is 10.0 Å². The largest absolute Gasteiger partial charge is 0.315 e. The van der Waals surface area contributed by atoms with Crippen molar-refractivity contribution in [2.75, 3.05) is 19.6 Å². The highest BCUT2D eigenvalue weighted by atomic mass is 35.5. The van der Waals surface area contributed by atoms with Crippen LogP contribution in [0.15, 0.2) is 23.1 Å². The van der Waals surface area contributed by atoms with Crippen LogP contribution in [0.3, 0.4) is 0 Å². The number of hydrogen-bond donors (Lipinski definition) is 2. The van der Waals surface area contributed by atoms with Crippen LogP contribution in [0.5, 0.6) is 0 Å². The molecule has 0 spiro atoms. The summed E-state index contributed by atoms with van der Waals surface area (Å²) in [6.07, 6.45) is 0.894. The highest BCUT2D eigenvalue weighted by Gasteiger charge is 2.29. The fraction of sp³-hybridized carbons (Fsp3) is 0.455. The quantitative estimate of drug-likeness (QED) is 0.423. The molecule has 21 heavy (non-hydrogen) atoms. The molecule has 1 rings (SSSR count). The molecule has 10 heteroatoms. The fourth-order valence-electron chi connectivity index (χ4n) is 1.55. The third-order valence-corrected chi connectivity index (χ3v) is 3.96. The minimum Gasteiger partial charge on any atom is -0.315 e. The highest BCUT2D eigenvalue weighted by Crippen LogP contribution is 2.25. The molecule has 0 bridgehead atoms. The third kappa shape index (κ3) is 5.54. The first kappa shape index (κ1) is 19.7. The molecular weight excluding hydrogens is 325 g/mol. The van der Waals surface area contributed by atoms with Crippen molar-refractivity contribution in [3.05, 3.63) is 34.1 Å². The number of nitrogens with one attached hydrogen (secondary N) is 2. The fourth-order valence-corrected chi connectivity index (χ4v) is 2.81. The van der Waals surface area contributed by atoms with Gasteiger partial charge >= 0.3 is 0 Å². The summed E-state index contributed by atoms with van der Waals surface area (Å²) < 4.78 is 39.6. The van der Waals surface area contributed by atoms with E-state index in [1.54, 1.807) is 0 Å². The van der Waals surface area contributed by atoms with E-state index >= 15 is 0 Å². The molecule has 0 saturated heterocycles. The minimum atomic E-state index is -4.26. The third-order valence-electron chi connectivity index (χ3n) is 2.43. The van der Waals surface area contributed by atoms with Crippen molar-refractivity contribution in [2.24, 2.45) is 0 Å². The Morgan fingerprint density at radius 1 is 1.29 bits per heavy atom. The van der Waals surface area contributed by atoms with E-state index in [0.717, 1.165) is 31.2 Å². The van der Waals surface area contributed by atoms with Crippen LogP contribution < -0.4 is 10.0 Å². The Morgan fingerprint density at radius 3 is 2.52 bits per heavy atom. The van der Waals surface area contributed by atoms with Gasteiger partial charge in [-0.2, -0.15) is 0 Å². The first-order valence-electron chi connectivity index (χ1n) is 6.03. The lowest BCUT2D eigenvalue weighted by molar-refractivity contribution is -0.388. The van der Waals surface area contributed by atoms with E-state index in [0.29, 0.717) is 6.54 Å². The van der Waals surface area contributed by atoms with Crippen LogP contribution in [0.25, 0.3) is 0 Å². The maximum Gasteiger partial charge on any atom is 0.292 e. The maximum atomic E-state index is 13.6. The molecule has 0 fully saturated rings. The predicted octanol–water partition coefficient (Wildman–Crippen LogP) is 1.43. The molecule has 0 aromatic heterocycles. The summed E-state index contributed by atoms with van der Waals surface area (Å²) >= 11 is 0. The summed E-state index contributed by atoms with van der Waals surface area (Å²) in [7, 11) is -4.26. The Morgan fingerprint density at radius 2 is 1.95 bits per heavy atom. The van der Waals surface area contributed by atoms with E-state index < -0.39 is 31.3 Å². The Kier molecular flexibility index (Phi) is 8.33. The van der Waals surface area contributed by atoms with E-state index in [1.165, 1.54) is 0 Å². The number of hydrogen-bond acceptors (Lipinski definition) is 5. The highest BCUT2D eigenvalue weighted by molar-refractivity contribution is 7.89. The summed E-state index contributed by atoms with van der Waals surface area (Å²) in [6.45, 7) is 3.06. The molecule has 0 saturated carbocycles. The standard InChI is InChI=1S/C11H16FN3O4S.ClH/c1-2-6-13-7-8-14-20(18,19)11-9(12)4-3-5-10(11)15(16)17;/h3-5,13-14H,2,6-8H2,1H3;1H. The number of sulfonamides is 1. The molecule has 0 atom stereocenters. The Hall–Kier alpha value is -1.29. The maximum absolute atomic E-state index is 13.6. The van der Waals surface area contributed by atoms with Crippen LogP contribution in [0.2, 0.25) is 0 Å². The summed E-state index contributed by atoms with van der Waals surface area (Å²) in [5, 5.41) is 13.7. The van der Waals surface area contributed by atoms with Crippen LogP contribution in [0.1, 0.15) is 13.3 Å². The van der Waals surface area contributed by atoms with Gasteiger partial charge in [0.2, 0.25) is 10.0 Å². The van der Waals surface area contributed by atoms with Crippen molar-refractivity contribution >= 4 is 28.1 Å². The van der Waals surface area contributed by atoms with Crippen LogP contribution >= 0.6 is 12.4 Å². The Bertz CT molecular complexity index is 583. The Balaban J connectivity index is 0.00000400. The molecular formula is C11H17ClFN3O4S. The molecule has 0 unspecified atom stereocenters. The summed E-state index contributed by atoms with van der Waals surface area (Å²) in [4.78, 5) is 8.92. The predicted molar refractivity (Wildman–Crippen MR) is 78.7 cm³/mol. The molecule has 0 aliphatic carbocycles. The first-order chi connectivity index (χ1) is 9.40. The topological polar surface area (TPSA) is 101 Å². The van der Waals surface area contributed by atoms with Gasteiger partial charge in [0.1, 0.15) is 5.82 Å². The number of halogens is 2. The van der Waals surface area contributed by atoms with Gasteiger partial charge in [-0.3, -0.25) is 10.1 Å². The van der Waals surface area contributed by atoms with Crippen molar-refractivity contribution in [1.29, 1.82) is 0 Å². The van der Waals surface area contributed by atoms with Gasteiger partial charge in [-0.15, -0.1) is 12.4 Å². The number of nitro benzene ring substituents is 1. The van der Waals surface area contributed by atoms with Crippen LogP contribution in [-0.2, 0) is 10.0 Å². The molecule has 120 valence electrons. The zero-order chi connectivity index (χ0) is 15.2. The number of nitro groups is 1. The molecule has 1 aromatic carbocycles. The Labute approximate surface area is 128 Å². The second-order valence-electron chi connectivity index (χ2n) is 3.99. The smallest absolute Gasteiger partial charge is 0.292 e. The first-order valence-corrected chi connectivity index (χ1v) is 7.51. The van der Waals surface area contributed by atoms with Crippen molar-refractivity contribution in [2.45, 2.75) is 18.2 Å². The van der Waals surface area contributed by atoms with E-state index in [1.807, 2.05) is 6.92 Å². The summed E-state index contributed by atoms with van der Waals surface area (Å²) in [5.74, 6) is -1.15. The van der Waals surface area contributed by atoms with E-state index in [-0.39, 0.29) is 19.0 Å². The van der Waals surface area contributed by atoms with Crippen LogP contribution in [0, 0.1) is 15.9 Å². The normalized spacial score (nSPS) is 11.0. The molecule has 0 radical (unpaired) electrons. The van der Waals surface area contributed by atoms with Gasteiger partial charge in [0.05, 0.1) is 4.92 Å². The van der Waals surface area contributed by atoms with E-state index in [2.05, 4.69) is 10.0 Å². The number of benzene rings is 1. The van der Waals surface area contributed by atoms with Gasteiger partial charge in [0, 0.05) is 19.2 Å². The van der Waals surface area contributed by atoms with Gasteiger partial charge in [-0.05, 0) is 19.0 Å². The lowest BCUT2D eigenvalue weighted by atomic mass is 10.3. The number of rotatable bonds is 8. The monoisotopic (exact) mass is 341 g/mol. The SMILES string of the molecule is CCCNCCNS(=O)(=O)c1c(F)cccc1[N+](=O)[O-].Cl. The molecule has 1 aromatic rings. The molecule has 0 amide bonds. The molecule has 2 N–H and O–H groups in total. The average molecular weight is 342 g/mol. The van der Waals surface area contributed by atoms with E-state index in [4.69, 9.17) is 0 Å². The summed E-state index contributed by atoms with van der Waals surface area (Å²) in [6, 6.07) is 2.92. The zero-order valence-electron chi connectivity index (χ0n) is 11.3. The molecule has 0 aliphatic rings. The van der Waals surface area contributed by atoms with Gasteiger partial charge < -0.3 is 5.32 Å². The lowest BCUT2D eigenvalue weighted by Crippen LogP contribution is -2.32. The van der Waals surface area contributed by atoms with Gasteiger partial charge in [-0.1, -0.05) is 13.0 Å². The van der Waals surface area contributed by atoms with Gasteiger partial charge in [-0.25, -0.2) is 17.5 Å². The second-order valence-corrected chi connectivity index (χ2v) is 5.70. The van der Waals surface area contributed by atoms with Gasteiger partial charge in [0.15, 0.2) is 4.90 Å². The molecule has 7 nitrogen and oxygen atoms in total. The van der Waals surface area contributed by atoms with Crippen LogP contribution in [0.4, 0.5) is 10.1 Å². The second kappa shape index (κ2) is 8.88. The molecule has 0 aliphatic heterocycles. The van der Waals surface area contributed by atoms with E-state index in [9.17, 15) is 22.9 Å². The van der Waals surface area contributed by atoms with Crippen molar-refractivity contribution in [3.63, 3.8) is 0 Å².